The zero-order chi connectivity index (χ0) is 12.2. The summed E-state index contributed by atoms with van der Waals surface area (Å²) in [5.74, 6) is 1.48. The number of nitrogens with one attached hydrogen (secondary N) is 1. The first-order chi connectivity index (χ1) is 7.47. The predicted molar refractivity (Wildman–Crippen MR) is 66.8 cm³/mol. The molecular formula is C10H21ClN2O2S. The smallest absolute Gasteiger partial charge is 0.202 e. The third-order valence-corrected chi connectivity index (χ3v) is 5.16. The molecule has 0 bridgehead atoms. The lowest BCUT2D eigenvalue weighted by atomic mass is 9.80. The van der Waals surface area contributed by atoms with Crippen LogP contribution < -0.4 is 4.72 Å². The van der Waals surface area contributed by atoms with Gasteiger partial charge in [-0.2, -0.15) is 12.7 Å². The van der Waals surface area contributed by atoms with E-state index in [1.165, 1.54) is 31.2 Å². The van der Waals surface area contributed by atoms with Crippen LogP contribution in [0.25, 0.3) is 0 Å². The van der Waals surface area contributed by atoms with Crippen LogP contribution in [0.3, 0.4) is 0 Å². The molecule has 0 aromatic rings. The topological polar surface area (TPSA) is 49.4 Å². The monoisotopic (exact) mass is 268 g/mol. The minimum atomic E-state index is -3.29. The molecule has 0 saturated heterocycles. The molecule has 96 valence electrons. The molecule has 2 unspecified atom stereocenters. The highest BCUT2D eigenvalue weighted by atomic mass is 35.5. The van der Waals surface area contributed by atoms with Crippen LogP contribution in [0.4, 0.5) is 0 Å². The van der Waals surface area contributed by atoms with Gasteiger partial charge in [-0.15, -0.1) is 11.6 Å². The number of hydrogen-bond donors (Lipinski definition) is 1. The fourth-order valence-corrected chi connectivity index (χ4v) is 3.19. The van der Waals surface area contributed by atoms with Crippen molar-refractivity contribution in [3.63, 3.8) is 0 Å². The van der Waals surface area contributed by atoms with E-state index < -0.39 is 10.2 Å². The van der Waals surface area contributed by atoms with Crippen LogP contribution in [-0.2, 0) is 10.2 Å². The fraction of sp³-hybridized carbons (Fsp3) is 1.00. The van der Waals surface area contributed by atoms with Crippen LogP contribution in [0.2, 0.25) is 0 Å². The minimum absolute atomic E-state index is 0.390. The number of nitrogens with zero attached hydrogens (tertiary/aromatic N) is 1. The highest BCUT2D eigenvalue weighted by Gasteiger charge is 2.26. The normalized spacial score (nSPS) is 27.2. The third-order valence-electron chi connectivity index (χ3n) is 3.27. The largest absolute Gasteiger partial charge is 0.278 e. The summed E-state index contributed by atoms with van der Waals surface area (Å²) in [7, 11) is -0.229. The standard InChI is InChI=1S/C10H21ClN2O2S/c1-13(2)16(14,15)12-8-10-6-4-3-5-9(10)7-11/h9-10,12H,3-8H2,1-2H3. The number of halogens is 1. The van der Waals surface area contributed by atoms with Gasteiger partial charge in [-0.1, -0.05) is 12.8 Å². The molecule has 0 aliphatic heterocycles. The minimum Gasteiger partial charge on any atom is -0.202 e. The molecule has 1 fully saturated rings. The lowest BCUT2D eigenvalue weighted by Crippen LogP contribution is -2.40. The van der Waals surface area contributed by atoms with Crippen molar-refractivity contribution in [3.05, 3.63) is 0 Å². The van der Waals surface area contributed by atoms with Gasteiger partial charge < -0.3 is 0 Å². The third kappa shape index (κ3) is 3.87. The van der Waals surface area contributed by atoms with Gasteiger partial charge in [0.05, 0.1) is 0 Å². The Hall–Kier alpha value is 0.160. The Morgan fingerprint density at radius 2 is 1.81 bits per heavy atom. The maximum absolute atomic E-state index is 11.5. The van der Waals surface area contributed by atoms with Crippen molar-refractivity contribution in [2.45, 2.75) is 25.7 Å². The van der Waals surface area contributed by atoms with Crippen molar-refractivity contribution in [2.24, 2.45) is 11.8 Å². The van der Waals surface area contributed by atoms with Gasteiger partial charge in [0.2, 0.25) is 0 Å². The van der Waals surface area contributed by atoms with Crippen molar-refractivity contribution in [1.82, 2.24) is 9.03 Å². The maximum Gasteiger partial charge on any atom is 0.278 e. The summed E-state index contributed by atoms with van der Waals surface area (Å²) in [6, 6.07) is 0. The molecule has 0 aromatic heterocycles. The van der Waals surface area contributed by atoms with Gasteiger partial charge in [-0.05, 0) is 24.7 Å². The van der Waals surface area contributed by atoms with E-state index in [0.29, 0.717) is 24.3 Å². The van der Waals surface area contributed by atoms with E-state index in [2.05, 4.69) is 4.72 Å². The van der Waals surface area contributed by atoms with Crippen LogP contribution >= 0.6 is 11.6 Å². The molecule has 4 nitrogen and oxygen atoms in total. The van der Waals surface area contributed by atoms with E-state index in [1.807, 2.05) is 0 Å². The molecule has 16 heavy (non-hydrogen) atoms. The van der Waals surface area contributed by atoms with Crippen LogP contribution in [0, 0.1) is 11.8 Å². The molecule has 0 heterocycles. The lowest BCUT2D eigenvalue weighted by molar-refractivity contribution is 0.259. The fourth-order valence-electron chi connectivity index (χ4n) is 2.10. The molecule has 1 aliphatic rings. The second kappa shape index (κ2) is 6.19. The summed E-state index contributed by atoms with van der Waals surface area (Å²) in [6.45, 7) is 0.512. The summed E-state index contributed by atoms with van der Waals surface area (Å²) < 4.78 is 26.9. The van der Waals surface area contributed by atoms with E-state index in [-0.39, 0.29) is 0 Å². The first kappa shape index (κ1) is 14.2. The molecule has 6 heteroatoms. The van der Waals surface area contributed by atoms with Gasteiger partial charge >= 0.3 is 0 Å². The molecule has 2 atom stereocenters. The Balaban J connectivity index is 2.47. The summed E-state index contributed by atoms with van der Waals surface area (Å²) in [5, 5.41) is 0. The van der Waals surface area contributed by atoms with Gasteiger partial charge in [-0.25, -0.2) is 4.72 Å². The van der Waals surface area contributed by atoms with Gasteiger partial charge in [-0.3, -0.25) is 0 Å². The summed E-state index contributed by atoms with van der Waals surface area (Å²) in [5.41, 5.74) is 0. The van der Waals surface area contributed by atoms with Crippen molar-refractivity contribution >= 4 is 21.8 Å². The molecular weight excluding hydrogens is 248 g/mol. The molecule has 0 aromatic carbocycles. The second-order valence-corrected chi connectivity index (χ2v) is 6.87. The molecule has 0 spiro atoms. The number of hydrogen-bond acceptors (Lipinski definition) is 2. The second-order valence-electron chi connectivity index (χ2n) is 4.59. The van der Waals surface area contributed by atoms with Crippen molar-refractivity contribution in [1.29, 1.82) is 0 Å². The predicted octanol–water partition coefficient (Wildman–Crippen LogP) is 1.43. The highest BCUT2D eigenvalue weighted by Crippen LogP contribution is 2.30. The first-order valence-corrected chi connectivity index (χ1v) is 7.68. The van der Waals surface area contributed by atoms with Crippen LogP contribution in [0.5, 0.6) is 0 Å². The Bertz CT molecular complexity index is 306. The average molecular weight is 269 g/mol. The Kier molecular flexibility index (Phi) is 5.50. The Morgan fingerprint density at radius 1 is 1.25 bits per heavy atom. The Labute approximate surface area is 104 Å². The van der Waals surface area contributed by atoms with Crippen LogP contribution in [0.15, 0.2) is 0 Å². The molecule has 0 amide bonds. The number of rotatable bonds is 5. The number of alkyl halides is 1. The summed E-state index contributed by atoms with van der Waals surface area (Å²) in [6.07, 6.45) is 4.60. The van der Waals surface area contributed by atoms with Crippen LogP contribution in [0.1, 0.15) is 25.7 Å². The van der Waals surface area contributed by atoms with Crippen molar-refractivity contribution < 1.29 is 8.42 Å². The van der Waals surface area contributed by atoms with E-state index in [0.717, 1.165) is 12.8 Å². The maximum atomic E-state index is 11.5. The van der Waals surface area contributed by atoms with E-state index in [4.69, 9.17) is 11.6 Å². The van der Waals surface area contributed by atoms with Gasteiger partial charge in [0.1, 0.15) is 0 Å². The van der Waals surface area contributed by atoms with E-state index in [9.17, 15) is 8.42 Å². The molecule has 1 rings (SSSR count). The van der Waals surface area contributed by atoms with E-state index >= 15 is 0 Å². The average Bonchev–Trinajstić information content (AvgIpc) is 2.26. The highest BCUT2D eigenvalue weighted by molar-refractivity contribution is 7.87. The van der Waals surface area contributed by atoms with Gasteiger partial charge in [0.25, 0.3) is 10.2 Å². The summed E-state index contributed by atoms with van der Waals surface area (Å²) in [4.78, 5) is 0. The first-order valence-electron chi connectivity index (χ1n) is 5.70. The van der Waals surface area contributed by atoms with Crippen molar-refractivity contribution in [2.75, 3.05) is 26.5 Å². The zero-order valence-electron chi connectivity index (χ0n) is 9.95. The van der Waals surface area contributed by atoms with E-state index in [1.54, 1.807) is 0 Å². The SMILES string of the molecule is CN(C)S(=O)(=O)NCC1CCCCC1CCl. The molecule has 1 N–H and O–H groups in total. The quantitative estimate of drug-likeness (QED) is 0.767. The van der Waals surface area contributed by atoms with Crippen molar-refractivity contribution in [3.8, 4) is 0 Å². The van der Waals surface area contributed by atoms with Gasteiger partial charge in [0, 0.05) is 26.5 Å². The lowest BCUT2D eigenvalue weighted by Gasteiger charge is -2.30. The van der Waals surface area contributed by atoms with Gasteiger partial charge in [0.15, 0.2) is 0 Å². The Morgan fingerprint density at radius 3 is 2.31 bits per heavy atom. The molecule has 0 radical (unpaired) electrons. The zero-order valence-corrected chi connectivity index (χ0v) is 11.5. The molecule has 1 aliphatic carbocycles. The van der Waals surface area contributed by atoms with Crippen LogP contribution in [-0.4, -0.2) is 39.2 Å². The summed E-state index contributed by atoms with van der Waals surface area (Å²) >= 11 is 5.90. The molecule has 1 saturated carbocycles.